The van der Waals surface area contributed by atoms with Crippen LogP contribution in [0.5, 0.6) is 0 Å². The highest BCUT2D eigenvalue weighted by Crippen LogP contribution is 2.30. The highest BCUT2D eigenvalue weighted by molar-refractivity contribution is 5.96. The second kappa shape index (κ2) is 6.22. The zero-order chi connectivity index (χ0) is 15.6. The Morgan fingerprint density at radius 2 is 2.19 bits per heavy atom. The minimum absolute atomic E-state index is 0.0175. The van der Waals surface area contributed by atoms with Crippen molar-refractivity contribution < 1.29 is 9.72 Å². The van der Waals surface area contributed by atoms with Crippen molar-refractivity contribution in [3.8, 4) is 0 Å². The van der Waals surface area contributed by atoms with Crippen LogP contribution in [-0.2, 0) is 0 Å². The van der Waals surface area contributed by atoms with Gasteiger partial charge in [0.25, 0.3) is 11.6 Å². The highest BCUT2D eigenvalue weighted by atomic mass is 16.6. The molecule has 1 fully saturated rings. The smallest absolute Gasteiger partial charge is 0.273 e. The van der Waals surface area contributed by atoms with E-state index in [2.05, 4.69) is 0 Å². The van der Waals surface area contributed by atoms with Crippen LogP contribution in [0.15, 0.2) is 18.2 Å². The molecule has 2 N–H and O–H groups in total. The standard InChI is InChI=1S/C15H21N3O3/c1-10-12(6-4-7-13(10)18(20)21)15(19)17(2)14-8-3-5-11(14)9-16/h4,6-7,11,14H,3,5,8-9,16H2,1-2H3. The van der Waals surface area contributed by atoms with Gasteiger partial charge < -0.3 is 10.6 Å². The number of carbonyl (C=O) groups excluding carboxylic acids is 1. The van der Waals surface area contributed by atoms with Gasteiger partial charge in [0, 0.05) is 30.3 Å². The summed E-state index contributed by atoms with van der Waals surface area (Å²) in [6.45, 7) is 2.18. The normalized spacial score (nSPS) is 21.3. The van der Waals surface area contributed by atoms with Crippen LogP contribution in [0.3, 0.4) is 0 Å². The summed E-state index contributed by atoms with van der Waals surface area (Å²) >= 11 is 0. The number of rotatable bonds is 4. The average molecular weight is 291 g/mol. The van der Waals surface area contributed by atoms with Crippen molar-refractivity contribution in [2.45, 2.75) is 32.2 Å². The summed E-state index contributed by atoms with van der Waals surface area (Å²) in [6, 6.07) is 4.75. The van der Waals surface area contributed by atoms with E-state index in [1.165, 1.54) is 6.07 Å². The minimum Gasteiger partial charge on any atom is -0.338 e. The lowest BCUT2D eigenvalue weighted by molar-refractivity contribution is -0.385. The van der Waals surface area contributed by atoms with Gasteiger partial charge in [-0.2, -0.15) is 0 Å². The van der Waals surface area contributed by atoms with Gasteiger partial charge in [-0.3, -0.25) is 14.9 Å². The molecule has 1 aromatic carbocycles. The molecule has 0 bridgehead atoms. The monoisotopic (exact) mass is 291 g/mol. The van der Waals surface area contributed by atoms with Gasteiger partial charge in [0.15, 0.2) is 0 Å². The SMILES string of the molecule is Cc1c(C(=O)N(C)C2CCCC2CN)cccc1[N+](=O)[O-]. The first-order valence-corrected chi connectivity index (χ1v) is 7.18. The van der Waals surface area contributed by atoms with Gasteiger partial charge in [0.1, 0.15) is 0 Å². The Morgan fingerprint density at radius 1 is 1.48 bits per heavy atom. The van der Waals surface area contributed by atoms with E-state index in [-0.39, 0.29) is 17.6 Å². The van der Waals surface area contributed by atoms with Crippen LogP contribution in [0.4, 0.5) is 5.69 Å². The molecular formula is C15H21N3O3. The molecule has 1 aliphatic carbocycles. The molecule has 6 nitrogen and oxygen atoms in total. The molecule has 0 saturated heterocycles. The van der Waals surface area contributed by atoms with Crippen molar-refractivity contribution in [2.24, 2.45) is 11.7 Å². The predicted octanol–water partition coefficient (Wildman–Crippen LogP) is 2.10. The van der Waals surface area contributed by atoms with Gasteiger partial charge in [-0.15, -0.1) is 0 Å². The molecule has 0 heterocycles. The van der Waals surface area contributed by atoms with E-state index in [1.54, 1.807) is 31.0 Å². The zero-order valence-electron chi connectivity index (χ0n) is 12.4. The van der Waals surface area contributed by atoms with Crippen LogP contribution in [0.2, 0.25) is 0 Å². The van der Waals surface area contributed by atoms with Crippen LogP contribution < -0.4 is 5.73 Å². The molecule has 2 rings (SSSR count). The Balaban J connectivity index is 2.28. The number of nitro groups is 1. The van der Waals surface area contributed by atoms with E-state index in [9.17, 15) is 14.9 Å². The van der Waals surface area contributed by atoms with E-state index >= 15 is 0 Å². The molecule has 0 radical (unpaired) electrons. The van der Waals surface area contributed by atoms with E-state index in [0.29, 0.717) is 23.6 Å². The number of nitrogens with zero attached hydrogens (tertiary/aromatic N) is 2. The Hall–Kier alpha value is -1.95. The molecule has 6 heteroatoms. The van der Waals surface area contributed by atoms with Crippen LogP contribution in [-0.4, -0.2) is 35.4 Å². The Morgan fingerprint density at radius 3 is 2.81 bits per heavy atom. The third-order valence-corrected chi connectivity index (χ3v) is 4.47. The maximum Gasteiger partial charge on any atom is 0.273 e. The van der Waals surface area contributed by atoms with Gasteiger partial charge in [0.2, 0.25) is 0 Å². The van der Waals surface area contributed by atoms with Gasteiger partial charge in [-0.05, 0) is 38.3 Å². The summed E-state index contributed by atoms with van der Waals surface area (Å²) in [5, 5.41) is 11.0. The molecule has 2 atom stereocenters. The largest absolute Gasteiger partial charge is 0.338 e. The number of nitro benzene ring substituents is 1. The number of carbonyl (C=O) groups is 1. The molecule has 1 saturated carbocycles. The van der Waals surface area contributed by atoms with Gasteiger partial charge >= 0.3 is 0 Å². The molecule has 0 aromatic heterocycles. The molecule has 21 heavy (non-hydrogen) atoms. The van der Waals surface area contributed by atoms with Crippen molar-refractivity contribution >= 4 is 11.6 Å². The topological polar surface area (TPSA) is 89.5 Å². The number of amides is 1. The minimum atomic E-state index is -0.454. The van der Waals surface area contributed by atoms with Crippen molar-refractivity contribution in [3.63, 3.8) is 0 Å². The van der Waals surface area contributed by atoms with Crippen LogP contribution in [0, 0.1) is 23.0 Å². The quantitative estimate of drug-likeness (QED) is 0.679. The van der Waals surface area contributed by atoms with E-state index in [1.807, 2.05) is 0 Å². The van der Waals surface area contributed by atoms with Crippen molar-refractivity contribution in [3.05, 3.63) is 39.4 Å². The third-order valence-electron chi connectivity index (χ3n) is 4.47. The van der Waals surface area contributed by atoms with E-state index in [0.717, 1.165) is 19.3 Å². The van der Waals surface area contributed by atoms with Gasteiger partial charge in [-0.1, -0.05) is 12.5 Å². The fourth-order valence-corrected chi connectivity index (χ4v) is 3.20. The Bertz CT molecular complexity index is 559. The fraction of sp³-hybridized carbons (Fsp3) is 0.533. The average Bonchev–Trinajstić information content (AvgIpc) is 2.94. The molecule has 1 aliphatic rings. The van der Waals surface area contributed by atoms with E-state index < -0.39 is 4.92 Å². The van der Waals surface area contributed by atoms with Gasteiger partial charge in [0.05, 0.1) is 4.92 Å². The van der Waals surface area contributed by atoms with Crippen molar-refractivity contribution in [1.82, 2.24) is 4.90 Å². The summed E-state index contributed by atoms with van der Waals surface area (Å²) in [5.41, 5.74) is 6.57. The highest BCUT2D eigenvalue weighted by Gasteiger charge is 2.33. The maximum absolute atomic E-state index is 12.7. The number of benzene rings is 1. The second-order valence-electron chi connectivity index (χ2n) is 5.62. The fourth-order valence-electron chi connectivity index (χ4n) is 3.20. The Labute approximate surface area is 124 Å². The molecule has 0 aliphatic heterocycles. The van der Waals surface area contributed by atoms with Crippen molar-refractivity contribution in [1.29, 1.82) is 0 Å². The number of nitrogens with two attached hydrogens (primary N) is 1. The lowest BCUT2D eigenvalue weighted by atomic mass is 10.0. The van der Waals surface area contributed by atoms with E-state index in [4.69, 9.17) is 5.73 Å². The maximum atomic E-state index is 12.7. The lowest BCUT2D eigenvalue weighted by Gasteiger charge is -2.29. The first-order chi connectivity index (χ1) is 9.97. The summed E-state index contributed by atoms with van der Waals surface area (Å²) < 4.78 is 0. The molecule has 1 aromatic rings. The molecule has 2 unspecified atom stereocenters. The number of hydrogen-bond donors (Lipinski definition) is 1. The number of hydrogen-bond acceptors (Lipinski definition) is 4. The first kappa shape index (κ1) is 15.4. The molecule has 1 amide bonds. The predicted molar refractivity (Wildman–Crippen MR) is 80.1 cm³/mol. The lowest BCUT2D eigenvalue weighted by Crippen LogP contribution is -2.41. The van der Waals surface area contributed by atoms with Crippen molar-refractivity contribution in [2.75, 3.05) is 13.6 Å². The first-order valence-electron chi connectivity index (χ1n) is 7.18. The molecular weight excluding hydrogens is 270 g/mol. The third kappa shape index (κ3) is 2.90. The van der Waals surface area contributed by atoms with Crippen LogP contribution in [0.25, 0.3) is 0 Å². The second-order valence-corrected chi connectivity index (χ2v) is 5.62. The summed E-state index contributed by atoms with van der Waals surface area (Å²) in [6.07, 6.45) is 3.04. The summed E-state index contributed by atoms with van der Waals surface area (Å²) in [4.78, 5) is 24.9. The zero-order valence-corrected chi connectivity index (χ0v) is 12.4. The summed E-state index contributed by atoms with van der Waals surface area (Å²) in [7, 11) is 1.76. The molecule has 0 spiro atoms. The van der Waals surface area contributed by atoms with Crippen LogP contribution in [0.1, 0.15) is 35.2 Å². The van der Waals surface area contributed by atoms with Gasteiger partial charge in [-0.25, -0.2) is 0 Å². The summed E-state index contributed by atoms with van der Waals surface area (Å²) in [5.74, 6) is 0.152. The van der Waals surface area contributed by atoms with Crippen LogP contribution >= 0.6 is 0 Å². The Kier molecular flexibility index (Phi) is 4.57. The molecule has 114 valence electrons.